The summed E-state index contributed by atoms with van der Waals surface area (Å²) in [7, 11) is 0. The Kier molecular flexibility index (Phi) is 4.01. The molecule has 1 saturated heterocycles. The van der Waals surface area contributed by atoms with Crippen LogP contribution in [0.3, 0.4) is 0 Å². The third-order valence-corrected chi connectivity index (χ3v) is 4.38. The summed E-state index contributed by atoms with van der Waals surface area (Å²) >= 11 is 1.74. The predicted octanol–water partition coefficient (Wildman–Crippen LogP) is 1.55. The lowest BCUT2D eigenvalue weighted by Gasteiger charge is -2.25. The zero-order valence-electron chi connectivity index (χ0n) is 10.7. The van der Waals surface area contributed by atoms with Crippen LogP contribution in [0, 0.1) is 0 Å². The molecule has 1 aliphatic rings. The predicted molar refractivity (Wildman–Crippen MR) is 71.3 cm³/mol. The molecule has 0 aliphatic carbocycles. The standard InChI is InChI=1S/C13H18N2O2S/c1-3-10-4-5-11(18-10)8-15-9(2)6-12(16)14-7-13(15)17/h4-5,9H,3,6-8H2,1-2H3,(H,14,16). The lowest BCUT2D eigenvalue weighted by Crippen LogP contribution is -2.38. The summed E-state index contributed by atoms with van der Waals surface area (Å²) in [4.78, 5) is 27.7. The summed E-state index contributed by atoms with van der Waals surface area (Å²) in [6, 6.07) is 4.15. The van der Waals surface area contributed by atoms with Crippen molar-refractivity contribution >= 4 is 23.2 Å². The van der Waals surface area contributed by atoms with Crippen LogP contribution >= 0.6 is 11.3 Å². The van der Waals surface area contributed by atoms with Gasteiger partial charge in [-0.2, -0.15) is 0 Å². The van der Waals surface area contributed by atoms with Gasteiger partial charge in [-0.05, 0) is 25.5 Å². The van der Waals surface area contributed by atoms with E-state index in [9.17, 15) is 9.59 Å². The minimum atomic E-state index is -0.0428. The molecule has 1 aliphatic heterocycles. The largest absolute Gasteiger partial charge is 0.347 e. The van der Waals surface area contributed by atoms with E-state index >= 15 is 0 Å². The van der Waals surface area contributed by atoms with Gasteiger partial charge in [-0.1, -0.05) is 6.92 Å². The molecule has 4 nitrogen and oxygen atoms in total. The smallest absolute Gasteiger partial charge is 0.242 e. The number of carbonyl (C=O) groups is 2. The first-order valence-electron chi connectivity index (χ1n) is 6.24. The van der Waals surface area contributed by atoms with Gasteiger partial charge in [-0.3, -0.25) is 9.59 Å². The van der Waals surface area contributed by atoms with Crippen molar-refractivity contribution in [3.63, 3.8) is 0 Å². The first-order chi connectivity index (χ1) is 8.60. The molecule has 5 heteroatoms. The Morgan fingerprint density at radius 1 is 1.39 bits per heavy atom. The van der Waals surface area contributed by atoms with E-state index in [1.807, 2.05) is 6.92 Å². The van der Waals surface area contributed by atoms with Gasteiger partial charge in [0.2, 0.25) is 11.8 Å². The second-order valence-corrected chi connectivity index (χ2v) is 5.83. The molecule has 0 spiro atoms. The number of nitrogens with one attached hydrogen (secondary N) is 1. The maximum absolute atomic E-state index is 12.0. The van der Waals surface area contributed by atoms with Crippen LogP contribution in [-0.4, -0.2) is 29.3 Å². The Balaban J connectivity index is 2.10. The topological polar surface area (TPSA) is 49.4 Å². The van der Waals surface area contributed by atoms with Crippen LogP contribution in [0.25, 0.3) is 0 Å². The summed E-state index contributed by atoms with van der Waals surface area (Å²) < 4.78 is 0. The van der Waals surface area contributed by atoms with Crippen molar-refractivity contribution in [2.24, 2.45) is 0 Å². The Morgan fingerprint density at radius 3 is 2.78 bits per heavy atom. The van der Waals surface area contributed by atoms with E-state index in [4.69, 9.17) is 0 Å². The van der Waals surface area contributed by atoms with Crippen LogP contribution in [0.4, 0.5) is 0 Å². The molecule has 1 N–H and O–H groups in total. The third kappa shape index (κ3) is 2.90. The summed E-state index contributed by atoms with van der Waals surface area (Å²) in [5.41, 5.74) is 0. The van der Waals surface area contributed by atoms with E-state index in [0.717, 1.165) is 6.42 Å². The first-order valence-corrected chi connectivity index (χ1v) is 7.05. The number of rotatable bonds is 3. The first kappa shape index (κ1) is 13.1. The summed E-state index contributed by atoms with van der Waals surface area (Å²) in [5, 5.41) is 2.63. The molecular formula is C13H18N2O2S. The van der Waals surface area contributed by atoms with Gasteiger partial charge in [0.05, 0.1) is 13.1 Å². The van der Waals surface area contributed by atoms with Gasteiger partial charge in [0.1, 0.15) is 0 Å². The van der Waals surface area contributed by atoms with Gasteiger partial charge in [0, 0.05) is 22.2 Å². The molecule has 1 fully saturated rings. The second-order valence-electron chi connectivity index (χ2n) is 4.57. The van der Waals surface area contributed by atoms with E-state index in [1.165, 1.54) is 9.75 Å². The number of nitrogens with zero attached hydrogens (tertiary/aromatic N) is 1. The van der Waals surface area contributed by atoms with E-state index in [0.29, 0.717) is 13.0 Å². The van der Waals surface area contributed by atoms with Crippen molar-refractivity contribution in [2.75, 3.05) is 6.54 Å². The highest BCUT2D eigenvalue weighted by Crippen LogP contribution is 2.21. The van der Waals surface area contributed by atoms with Gasteiger partial charge in [-0.25, -0.2) is 0 Å². The van der Waals surface area contributed by atoms with Crippen molar-refractivity contribution in [1.82, 2.24) is 10.2 Å². The van der Waals surface area contributed by atoms with Crippen LogP contribution in [-0.2, 0) is 22.6 Å². The molecular weight excluding hydrogens is 248 g/mol. The highest BCUT2D eigenvalue weighted by atomic mass is 32.1. The zero-order chi connectivity index (χ0) is 13.1. The number of thiophene rings is 1. The van der Waals surface area contributed by atoms with Crippen LogP contribution < -0.4 is 5.32 Å². The average Bonchev–Trinajstić information content (AvgIpc) is 2.76. The Labute approximate surface area is 111 Å². The highest BCUT2D eigenvalue weighted by molar-refractivity contribution is 7.11. The van der Waals surface area contributed by atoms with E-state index in [2.05, 4.69) is 24.4 Å². The number of aryl methyl sites for hydroxylation is 1. The molecule has 0 saturated carbocycles. The number of amides is 2. The van der Waals surface area contributed by atoms with Crippen molar-refractivity contribution < 1.29 is 9.59 Å². The molecule has 1 unspecified atom stereocenters. The average molecular weight is 266 g/mol. The van der Waals surface area contributed by atoms with Gasteiger partial charge < -0.3 is 10.2 Å². The second kappa shape index (κ2) is 5.52. The van der Waals surface area contributed by atoms with Crippen molar-refractivity contribution in [3.8, 4) is 0 Å². The zero-order valence-corrected chi connectivity index (χ0v) is 11.5. The summed E-state index contributed by atoms with van der Waals surface area (Å²) in [6.07, 6.45) is 1.41. The highest BCUT2D eigenvalue weighted by Gasteiger charge is 2.26. The molecule has 0 aromatic carbocycles. The fraction of sp³-hybridized carbons (Fsp3) is 0.538. The lowest BCUT2D eigenvalue weighted by molar-refractivity contribution is -0.132. The Morgan fingerprint density at radius 2 is 2.11 bits per heavy atom. The fourth-order valence-corrected chi connectivity index (χ4v) is 3.04. The summed E-state index contributed by atoms with van der Waals surface area (Å²) in [5.74, 6) is -0.0430. The lowest BCUT2D eigenvalue weighted by atomic mass is 10.2. The maximum atomic E-state index is 12.0. The van der Waals surface area contributed by atoms with Crippen LogP contribution in [0.15, 0.2) is 12.1 Å². The van der Waals surface area contributed by atoms with E-state index in [-0.39, 0.29) is 24.4 Å². The van der Waals surface area contributed by atoms with Crippen molar-refractivity contribution in [2.45, 2.75) is 39.3 Å². The number of carbonyl (C=O) groups excluding carboxylic acids is 2. The van der Waals surface area contributed by atoms with E-state index < -0.39 is 0 Å². The molecule has 2 amide bonds. The summed E-state index contributed by atoms with van der Waals surface area (Å²) in [6.45, 7) is 4.78. The van der Waals surface area contributed by atoms with Crippen molar-refractivity contribution in [3.05, 3.63) is 21.9 Å². The molecule has 1 atom stereocenters. The van der Waals surface area contributed by atoms with Gasteiger partial charge in [0.15, 0.2) is 0 Å². The quantitative estimate of drug-likeness (QED) is 0.902. The molecule has 1 aromatic heterocycles. The molecule has 18 heavy (non-hydrogen) atoms. The van der Waals surface area contributed by atoms with Gasteiger partial charge >= 0.3 is 0 Å². The van der Waals surface area contributed by atoms with Crippen LogP contribution in [0.5, 0.6) is 0 Å². The molecule has 2 rings (SSSR count). The SMILES string of the molecule is CCc1ccc(CN2C(=O)CNC(=O)CC2C)s1. The molecule has 2 heterocycles. The molecule has 0 radical (unpaired) electrons. The van der Waals surface area contributed by atoms with Crippen LogP contribution in [0.1, 0.15) is 30.0 Å². The van der Waals surface area contributed by atoms with E-state index in [1.54, 1.807) is 16.2 Å². The van der Waals surface area contributed by atoms with Crippen molar-refractivity contribution in [1.29, 1.82) is 0 Å². The Hall–Kier alpha value is -1.36. The maximum Gasteiger partial charge on any atom is 0.242 e. The molecule has 98 valence electrons. The number of hydrogen-bond donors (Lipinski definition) is 1. The normalized spacial score (nSPS) is 20.8. The molecule has 1 aromatic rings. The Bertz CT molecular complexity index is 456. The minimum Gasteiger partial charge on any atom is -0.347 e. The minimum absolute atomic E-state index is 0.000187. The van der Waals surface area contributed by atoms with Crippen LogP contribution in [0.2, 0.25) is 0 Å². The third-order valence-electron chi connectivity index (χ3n) is 3.16. The van der Waals surface area contributed by atoms with Gasteiger partial charge in [0.25, 0.3) is 0 Å². The van der Waals surface area contributed by atoms with Gasteiger partial charge in [-0.15, -0.1) is 11.3 Å². The monoisotopic (exact) mass is 266 g/mol. The number of hydrogen-bond acceptors (Lipinski definition) is 3. The fourth-order valence-electron chi connectivity index (χ4n) is 2.08. The molecule has 0 bridgehead atoms.